The van der Waals surface area contributed by atoms with Gasteiger partial charge in [0.1, 0.15) is 11.5 Å². The van der Waals surface area contributed by atoms with E-state index in [0.717, 1.165) is 5.56 Å². The van der Waals surface area contributed by atoms with E-state index in [-0.39, 0.29) is 10.8 Å². The highest BCUT2D eigenvalue weighted by molar-refractivity contribution is 7.90. The molecule has 0 aliphatic rings. The van der Waals surface area contributed by atoms with Crippen LogP contribution in [0.25, 0.3) is 22.2 Å². The van der Waals surface area contributed by atoms with Crippen LogP contribution in [0.4, 0.5) is 5.69 Å². The third-order valence-electron chi connectivity index (χ3n) is 6.43. The normalized spacial score (nSPS) is 11.3. The number of nitrogens with zero attached hydrogens (tertiary/aromatic N) is 1. The maximum Gasteiger partial charge on any atom is 0.268 e. The molecule has 5 aromatic rings. The molecule has 8 heteroatoms. The Morgan fingerprint density at radius 1 is 0.816 bits per heavy atom. The lowest BCUT2D eigenvalue weighted by molar-refractivity contribution is 0.102. The number of nitrogens with one attached hydrogen (secondary N) is 1. The first kappa shape index (κ1) is 25.1. The third-order valence-corrected chi connectivity index (χ3v) is 8.16. The zero-order valence-corrected chi connectivity index (χ0v) is 22.0. The molecule has 0 saturated carbocycles. The summed E-state index contributed by atoms with van der Waals surface area (Å²) in [6.07, 6.45) is 0. The van der Waals surface area contributed by atoms with Crippen molar-refractivity contribution in [3.8, 4) is 22.8 Å². The number of anilines is 1. The van der Waals surface area contributed by atoms with Crippen molar-refractivity contribution in [2.75, 3.05) is 19.5 Å². The van der Waals surface area contributed by atoms with Crippen LogP contribution in [0.2, 0.25) is 0 Å². The van der Waals surface area contributed by atoms with Gasteiger partial charge >= 0.3 is 0 Å². The molecule has 38 heavy (non-hydrogen) atoms. The number of carbonyl (C=O) groups excluding carboxylic acids is 1. The fraction of sp³-hybridized carbons (Fsp3) is 0.100. The van der Waals surface area contributed by atoms with Gasteiger partial charge in [-0.15, -0.1) is 0 Å². The summed E-state index contributed by atoms with van der Waals surface area (Å²) in [6, 6.07) is 27.8. The first-order valence-electron chi connectivity index (χ1n) is 11.9. The molecule has 0 bridgehead atoms. The molecule has 1 N–H and O–H groups in total. The lowest BCUT2D eigenvalue weighted by Crippen LogP contribution is -2.15. The van der Waals surface area contributed by atoms with Crippen LogP contribution in [0.5, 0.6) is 11.5 Å². The van der Waals surface area contributed by atoms with Gasteiger partial charge in [-0.05, 0) is 72.6 Å². The van der Waals surface area contributed by atoms with Crippen molar-refractivity contribution >= 4 is 32.5 Å². The molecule has 5 rings (SSSR count). The Labute approximate surface area is 221 Å². The quantitative estimate of drug-likeness (QED) is 0.276. The number of carbonyl (C=O) groups is 1. The van der Waals surface area contributed by atoms with Crippen molar-refractivity contribution in [2.24, 2.45) is 0 Å². The SMILES string of the molecule is COc1ccc(-c2c(C)c3cc(NC(=O)c4ccccc4)c(OC)cc3n2S(=O)(=O)c2ccccc2)cc1. The Bertz CT molecular complexity index is 1730. The summed E-state index contributed by atoms with van der Waals surface area (Å²) >= 11 is 0. The fourth-order valence-corrected chi connectivity index (χ4v) is 6.12. The first-order chi connectivity index (χ1) is 18.3. The van der Waals surface area contributed by atoms with Gasteiger partial charge in [0.2, 0.25) is 0 Å². The number of aromatic nitrogens is 1. The Kier molecular flexibility index (Phi) is 6.65. The number of hydrogen-bond donors (Lipinski definition) is 1. The summed E-state index contributed by atoms with van der Waals surface area (Å²) in [6.45, 7) is 1.87. The van der Waals surface area contributed by atoms with Gasteiger partial charge < -0.3 is 14.8 Å². The fourth-order valence-electron chi connectivity index (χ4n) is 4.52. The Morgan fingerprint density at radius 2 is 1.45 bits per heavy atom. The third kappa shape index (κ3) is 4.39. The van der Waals surface area contributed by atoms with Crippen molar-refractivity contribution in [3.05, 3.63) is 108 Å². The molecular weight excluding hydrogens is 500 g/mol. The van der Waals surface area contributed by atoms with Crippen molar-refractivity contribution in [3.63, 3.8) is 0 Å². The summed E-state index contributed by atoms with van der Waals surface area (Å²) in [7, 11) is -0.941. The van der Waals surface area contributed by atoms with E-state index in [0.29, 0.717) is 44.9 Å². The van der Waals surface area contributed by atoms with Crippen molar-refractivity contribution in [1.82, 2.24) is 3.97 Å². The van der Waals surface area contributed by atoms with Crippen LogP contribution in [0.3, 0.4) is 0 Å². The van der Waals surface area contributed by atoms with Crippen molar-refractivity contribution in [1.29, 1.82) is 0 Å². The summed E-state index contributed by atoms with van der Waals surface area (Å²) in [5, 5.41) is 3.58. The van der Waals surface area contributed by atoms with Gasteiger partial charge in [0, 0.05) is 17.0 Å². The Hall–Kier alpha value is -4.56. The standard InChI is InChI=1S/C30H26N2O5S/c1-20-25-18-26(31-30(33)22-10-6-4-7-11-22)28(37-3)19-27(25)32(38(34,35)24-12-8-5-9-13-24)29(20)21-14-16-23(36-2)17-15-21/h4-19H,1-3H3,(H,31,33). The largest absolute Gasteiger partial charge is 0.497 e. The predicted molar refractivity (Wildman–Crippen MR) is 149 cm³/mol. The number of fused-ring (bicyclic) bond motifs is 1. The number of rotatable bonds is 7. The van der Waals surface area contributed by atoms with Gasteiger partial charge in [-0.25, -0.2) is 12.4 Å². The number of amides is 1. The number of ether oxygens (including phenoxy) is 2. The highest BCUT2D eigenvalue weighted by Gasteiger charge is 2.28. The molecule has 4 aromatic carbocycles. The van der Waals surface area contributed by atoms with E-state index < -0.39 is 10.0 Å². The lowest BCUT2D eigenvalue weighted by atomic mass is 10.1. The van der Waals surface area contributed by atoms with Crippen molar-refractivity contribution < 1.29 is 22.7 Å². The molecule has 0 saturated heterocycles. The van der Waals surface area contributed by atoms with E-state index in [1.54, 1.807) is 86.0 Å². The molecular formula is C30H26N2O5S. The number of methoxy groups -OCH3 is 2. The van der Waals surface area contributed by atoms with E-state index in [1.165, 1.54) is 11.1 Å². The molecule has 0 atom stereocenters. The van der Waals surface area contributed by atoms with Gasteiger partial charge in [0.05, 0.1) is 36.0 Å². The summed E-state index contributed by atoms with van der Waals surface area (Å²) in [5.74, 6) is 0.699. The molecule has 7 nitrogen and oxygen atoms in total. The van der Waals surface area contributed by atoms with Gasteiger partial charge in [-0.2, -0.15) is 0 Å². The zero-order chi connectivity index (χ0) is 26.9. The zero-order valence-electron chi connectivity index (χ0n) is 21.1. The molecule has 0 aliphatic carbocycles. The maximum atomic E-state index is 14.1. The van der Waals surface area contributed by atoms with Gasteiger partial charge in [0.15, 0.2) is 0 Å². The van der Waals surface area contributed by atoms with E-state index in [9.17, 15) is 13.2 Å². The van der Waals surface area contributed by atoms with Crippen LogP contribution < -0.4 is 14.8 Å². The van der Waals surface area contributed by atoms with Crippen LogP contribution in [-0.2, 0) is 10.0 Å². The Balaban J connectivity index is 1.76. The highest BCUT2D eigenvalue weighted by Crippen LogP contribution is 2.41. The minimum Gasteiger partial charge on any atom is -0.497 e. The summed E-state index contributed by atoms with van der Waals surface area (Å²) in [4.78, 5) is 13.1. The Morgan fingerprint density at radius 3 is 2.05 bits per heavy atom. The average molecular weight is 527 g/mol. The van der Waals surface area contributed by atoms with Crippen LogP contribution in [-0.4, -0.2) is 32.5 Å². The van der Waals surface area contributed by atoms with Crippen LogP contribution >= 0.6 is 0 Å². The number of aryl methyl sites for hydroxylation is 1. The molecule has 0 fully saturated rings. The number of benzene rings is 4. The molecule has 0 radical (unpaired) electrons. The van der Waals surface area contributed by atoms with E-state index in [1.807, 2.05) is 25.1 Å². The topological polar surface area (TPSA) is 86.6 Å². The average Bonchev–Trinajstić information content (AvgIpc) is 3.25. The second kappa shape index (κ2) is 10.1. The van der Waals surface area contributed by atoms with Gasteiger partial charge in [-0.3, -0.25) is 4.79 Å². The van der Waals surface area contributed by atoms with Crippen molar-refractivity contribution in [2.45, 2.75) is 11.8 Å². The minimum atomic E-state index is -4.00. The van der Waals surface area contributed by atoms with E-state index in [4.69, 9.17) is 9.47 Å². The van der Waals surface area contributed by atoms with E-state index >= 15 is 0 Å². The summed E-state index contributed by atoms with van der Waals surface area (Å²) < 4.78 is 40.4. The molecule has 0 unspecified atom stereocenters. The highest BCUT2D eigenvalue weighted by atomic mass is 32.2. The van der Waals surface area contributed by atoms with Gasteiger partial charge in [0.25, 0.3) is 15.9 Å². The first-order valence-corrected chi connectivity index (χ1v) is 13.3. The summed E-state index contributed by atoms with van der Waals surface area (Å²) in [5.41, 5.74) is 3.32. The van der Waals surface area contributed by atoms with Crippen LogP contribution in [0.15, 0.2) is 102 Å². The lowest BCUT2D eigenvalue weighted by Gasteiger charge is -2.14. The van der Waals surface area contributed by atoms with Crippen LogP contribution in [0.1, 0.15) is 15.9 Å². The monoisotopic (exact) mass is 526 g/mol. The maximum absolute atomic E-state index is 14.1. The molecule has 1 aromatic heterocycles. The second-order valence-corrected chi connectivity index (χ2v) is 10.5. The van der Waals surface area contributed by atoms with E-state index in [2.05, 4.69) is 5.32 Å². The minimum absolute atomic E-state index is 0.159. The molecule has 192 valence electrons. The number of hydrogen-bond acceptors (Lipinski definition) is 5. The smallest absolute Gasteiger partial charge is 0.268 e. The molecule has 0 spiro atoms. The predicted octanol–water partition coefficient (Wildman–Crippen LogP) is 6.12. The molecule has 1 amide bonds. The molecule has 1 heterocycles. The molecule has 0 aliphatic heterocycles. The van der Waals surface area contributed by atoms with Crippen LogP contribution in [0, 0.1) is 6.92 Å². The van der Waals surface area contributed by atoms with Gasteiger partial charge in [-0.1, -0.05) is 36.4 Å². The second-order valence-electron chi connectivity index (χ2n) is 8.67.